The molecular weight excluding hydrogens is 530 g/mol. The van der Waals surface area contributed by atoms with Gasteiger partial charge in [0.1, 0.15) is 23.7 Å². The first-order valence-corrected chi connectivity index (χ1v) is 12.6. The number of carbonyl (C=O) groups excluding carboxylic acids is 1. The van der Waals surface area contributed by atoms with Crippen LogP contribution in [0, 0.1) is 11.7 Å². The quantitative estimate of drug-likeness (QED) is 0.350. The first-order valence-electron chi connectivity index (χ1n) is 12.6. The second-order valence-electron chi connectivity index (χ2n) is 9.58. The molecular formula is C27H25F4N7O2. The van der Waals surface area contributed by atoms with E-state index < -0.39 is 23.7 Å². The molecule has 2 atom stereocenters. The molecule has 3 aromatic rings. The molecule has 1 fully saturated rings. The van der Waals surface area contributed by atoms with Crippen LogP contribution in [0.5, 0.6) is 11.8 Å². The van der Waals surface area contributed by atoms with Crippen LogP contribution < -0.4 is 10.5 Å². The van der Waals surface area contributed by atoms with Gasteiger partial charge >= 0.3 is 12.2 Å². The van der Waals surface area contributed by atoms with Gasteiger partial charge in [0, 0.05) is 43.4 Å². The molecule has 40 heavy (non-hydrogen) atoms. The van der Waals surface area contributed by atoms with E-state index >= 15 is 4.39 Å². The number of aliphatic imine (C=N–C) groups is 1. The van der Waals surface area contributed by atoms with Crippen molar-refractivity contribution in [1.29, 1.82) is 0 Å². The Labute approximate surface area is 226 Å². The van der Waals surface area contributed by atoms with Crippen molar-refractivity contribution in [2.24, 2.45) is 10.9 Å². The molecule has 1 aromatic carbocycles. The van der Waals surface area contributed by atoms with Gasteiger partial charge in [-0.25, -0.2) is 19.3 Å². The number of rotatable bonds is 6. The zero-order valence-corrected chi connectivity index (χ0v) is 21.2. The Morgan fingerprint density at radius 3 is 2.77 bits per heavy atom. The number of carbonyl (C=O) groups is 1. The van der Waals surface area contributed by atoms with E-state index in [1.165, 1.54) is 24.5 Å². The summed E-state index contributed by atoms with van der Waals surface area (Å²) in [6.45, 7) is 5.22. The van der Waals surface area contributed by atoms with Crippen molar-refractivity contribution in [1.82, 2.24) is 24.8 Å². The molecule has 1 saturated heterocycles. The summed E-state index contributed by atoms with van der Waals surface area (Å²) in [5, 5.41) is 0. The highest BCUT2D eigenvalue weighted by Gasteiger charge is 2.34. The van der Waals surface area contributed by atoms with Crippen molar-refractivity contribution < 1.29 is 27.1 Å². The lowest BCUT2D eigenvalue weighted by molar-refractivity contribution is -0.141. The van der Waals surface area contributed by atoms with Crippen molar-refractivity contribution >= 4 is 17.4 Å². The van der Waals surface area contributed by atoms with Crippen LogP contribution in [0.15, 0.2) is 54.4 Å². The van der Waals surface area contributed by atoms with E-state index in [0.717, 1.165) is 25.1 Å². The maximum Gasteiger partial charge on any atom is 0.433 e. The number of nitrogen functional groups attached to an aromatic ring is 1. The zero-order chi connectivity index (χ0) is 28.4. The summed E-state index contributed by atoms with van der Waals surface area (Å²) < 4.78 is 59.6. The number of anilines is 1. The molecule has 4 heterocycles. The highest BCUT2D eigenvalue weighted by Crippen LogP contribution is 2.37. The number of hydrogen-bond acceptors (Lipinski definition) is 8. The normalized spacial score (nSPS) is 19.0. The molecule has 208 valence electrons. The fraction of sp³-hybridized carbons (Fsp3) is 0.333. The van der Waals surface area contributed by atoms with Gasteiger partial charge in [-0.1, -0.05) is 6.58 Å². The molecule has 0 radical (unpaired) electrons. The molecule has 0 spiro atoms. The number of nitrogens with zero attached hydrogens (tertiary/aromatic N) is 6. The summed E-state index contributed by atoms with van der Waals surface area (Å²) in [6.07, 6.45) is 1.16. The van der Waals surface area contributed by atoms with Gasteiger partial charge in [-0.15, -0.1) is 0 Å². The number of aromatic nitrogens is 4. The van der Waals surface area contributed by atoms with Crippen LogP contribution in [-0.2, 0) is 11.0 Å². The Morgan fingerprint density at radius 1 is 1.20 bits per heavy atom. The van der Waals surface area contributed by atoms with Gasteiger partial charge in [0.2, 0.25) is 5.91 Å². The molecule has 2 N–H and O–H groups in total. The van der Waals surface area contributed by atoms with E-state index in [9.17, 15) is 18.0 Å². The van der Waals surface area contributed by atoms with Crippen molar-refractivity contribution in [2.45, 2.75) is 31.4 Å². The van der Waals surface area contributed by atoms with Crippen LogP contribution in [0.4, 0.5) is 23.4 Å². The molecule has 5 rings (SSSR count). The lowest BCUT2D eigenvalue weighted by atomic mass is 9.86. The Morgan fingerprint density at radius 2 is 2.02 bits per heavy atom. The summed E-state index contributed by atoms with van der Waals surface area (Å²) in [5.41, 5.74) is 6.59. The molecule has 2 aliphatic heterocycles. The molecule has 2 aliphatic rings. The Bertz CT molecular complexity index is 1480. The molecule has 1 amide bonds. The number of hydrogen-bond donors (Lipinski definition) is 1. The molecule has 0 bridgehead atoms. The number of halogens is 4. The smallest absolute Gasteiger partial charge is 0.424 e. The van der Waals surface area contributed by atoms with Crippen LogP contribution >= 0.6 is 0 Å². The number of likely N-dealkylation sites (tertiary alicyclic amines) is 1. The average molecular weight is 556 g/mol. The van der Waals surface area contributed by atoms with Crippen molar-refractivity contribution in [3.63, 3.8) is 0 Å². The van der Waals surface area contributed by atoms with Crippen LogP contribution in [-0.4, -0.2) is 56.1 Å². The Kier molecular flexibility index (Phi) is 7.46. The third-order valence-electron chi connectivity index (χ3n) is 7.00. The summed E-state index contributed by atoms with van der Waals surface area (Å²) >= 11 is 0. The van der Waals surface area contributed by atoms with Gasteiger partial charge in [-0.2, -0.15) is 18.2 Å². The van der Waals surface area contributed by atoms with Crippen LogP contribution in [0.1, 0.15) is 47.7 Å². The third-order valence-corrected chi connectivity index (χ3v) is 7.00. The summed E-state index contributed by atoms with van der Waals surface area (Å²) in [7, 11) is 0. The molecule has 2 unspecified atom stereocenters. The molecule has 9 nitrogen and oxygen atoms in total. The van der Waals surface area contributed by atoms with Crippen molar-refractivity contribution in [3.05, 3.63) is 77.8 Å². The molecule has 0 aliphatic carbocycles. The Balaban J connectivity index is 1.40. The number of fused-ring (bicyclic) bond motifs is 1. The van der Waals surface area contributed by atoms with E-state index in [2.05, 4.69) is 31.5 Å². The highest BCUT2D eigenvalue weighted by atomic mass is 19.4. The van der Waals surface area contributed by atoms with Gasteiger partial charge in [0.05, 0.1) is 17.0 Å². The monoisotopic (exact) mass is 555 g/mol. The van der Waals surface area contributed by atoms with E-state index in [1.54, 1.807) is 4.90 Å². The molecule has 2 aromatic heterocycles. The third kappa shape index (κ3) is 5.63. The Hall–Kier alpha value is -4.42. The number of nitrogens with two attached hydrogens (primary N) is 1. The first-order chi connectivity index (χ1) is 19.1. The number of amides is 1. The first kappa shape index (κ1) is 27.2. The summed E-state index contributed by atoms with van der Waals surface area (Å²) in [6, 6.07) is 3.95. The fourth-order valence-corrected chi connectivity index (χ4v) is 5.12. The van der Waals surface area contributed by atoms with Gasteiger partial charge < -0.3 is 15.4 Å². The van der Waals surface area contributed by atoms with Gasteiger partial charge in [-0.05, 0) is 49.5 Å². The van der Waals surface area contributed by atoms with Gasteiger partial charge in [-0.3, -0.25) is 9.79 Å². The van der Waals surface area contributed by atoms with Gasteiger partial charge in [0.15, 0.2) is 5.69 Å². The zero-order valence-electron chi connectivity index (χ0n) is 21.2. The van der Waals surface area contributed by atoms with Crippen LogP contribution in [0.25, 0.3) is 0 Å². The summed E-state index contributed by atoms with van der Waals surface area (Å²) in [5.74, 6) is -0.541. The molecule has 0 saturated carbocycles. The van der Waals surface area contributed by atoms with E-state index in [4.69, 9.17) is 10.5 Å². The van der Waals surface area contributed by atoms with Gasteiger partial charge in [0.25, 0.3) is 0 Å². The second-order valence-corrected chi connectivity index (χ2v) is 9.58. The standard InChI is InChI=1S/C27H25F4N7O2/c1-2-21(39)38-10-7-15(13-38)11-16-5-8-33-24(22-23(16)35-14-36-25(22)32)18-4-3-17(12-19(18)28)40-26-34-9-6-20(37-26)27(29,30)31/h2-4,6,9,12,14-16H,1,5,7-8,10-11,13H2,(H2,32,35,36). The topological polar surface area (TPSA) is 119 Å². The van der Waals surface area contributed by atoms with E-state index in [1.807, 2.05) is 0 Å². The second kappa shape index (κ2) is 11.0. The number of benzene rings is 1. The fourth-order valence-electron chi connectivity index (χ4n) is 5.12. The minimum absolute atomic E-state index is 0.0333. The number of ether oxygens (including phenoxy) is 1. The van der Waals surface area contributed by atoms with Crippen LogP contribution in [0.3, 0.4) is 0 Å². The minimum atomic E-state index is -4.68. The average Bonchev–Trinajstić information content (AvgIpc) is 3.31. The van der Waals surface area contributed by atoms with Crippen molar-refractivity contribution in [2.75, 3.05) is 25.4 Å². The summed E-state index contributed by atoms with van der Waals surface area (Å²) in [4.78, 5) is 34.1. The predicted molar refractivity (Wildman–Crippen MR) is 137 cm³/mol. The largest absolute Gasteiger partial charge is 0.433 e. The highest BCUT2D eigenvalue weighted by molar-refractivity contribution is 6.16. The minimum Gasteiger partial charge on any atom is -0.424 e. The van der Waals surface area contributed by atoms with Crippen molar-refractivity contribution in [3.8, 4) is 11.8 Å². The molecule has 13 heteroatoms. The SMILES string of the molecule is C=CC(=O)N1CCC(CC2CCN=C(c3ccc(Oc4nccc(C(F)(F)F)n4)cc3F)c3c(N)ncnc32)C1. The van der Waals surface area contributed by atoms with E-state index in [0.29, 0.717) is 43.4 Å². The van der Waals surface area contributed by atoms with Crippen LogP contribution in [0.2, 0.25) is 0 Å². The lowest BCUT2D eigenvalue weighted by Gasteiger charge is -2.21. The predicted octanol–water partition coefficient (Wildman–Crippen LogP) is 4.55. The van der Waals surface area contributed by atoms with E-state index in [-0.39, 0.29) is 40.6 Å². The maximum absolute atomic E-state index is 15.4. The number of alkyl halides is 3. The maximum atomic E-state index is 15.4. The lowest BCUT2D eigenvalue weighted by Crippen LogP contribution is -2.27.